The number of benzene rings is 3. The molecule has 1 amide bonds. The Morgan fingerprint density at radius 2 is 1.50 bits per heavy atom. The highest BCUT2D eigenvalue weighted by Gasteiger charge is 2.19. The van der Waals surface area contributed by atoms with Crippen molar-refractivity contribution in [1.82, 2.24) is 10.3 Å². The summed E-state index contributed by atoms with van der Waals surface area (Å²) in [6.07, 6.45) is 0. The summed E-state index contributed by atoms with van der Waals surface area (Å²) in [5, 5.41) is 14.1. The molecule has 0 aromatic heterocycles. The Labute approximate surface area is 172 Å². The van der Waals surface area contributed by atoms with Gasteiger partial charge in [-0.1, -0.05) is 42.0 Å². The molecule has 3 N–H and O–H groups in total. The van der Waals surface area contributed by atoms with Gasteiger partial charge >= 0.3 is 0 Å². The van der Waals surface area contributed by atoms with Gasteiger partial charge in [0.25, 0.3) is 21.6 Å². The van der Waals surface area contributed by atoms with Gasteiger partial charge in [0.1, 0.15) is 5.69 Å². The van der Waals surface area contributed by atoms with Gasteiger partial charge in [0.15, 0.2) is 0 Å². The number of nitro groups is 1. The number of para-hydroxylation sites is 3. The van der Waals surface area contributed by atoms with E-state index in [0.717, 1.165) is 5.56 Å². The Morgan fingerprint density at radius 3 is 2.17 bits per heavy atom. The van der Waals surface area contributed by atoms with E-state index in [1.54, 1.807) is 36.4 Å². The fraction of sp³-hybridized carbons (Fsp3) is 0.0500. The van der Waals surface area contributed by atoms with E-state index in [-0.39, 0.29) is 27.5 Å². The number of amides is 1. The molecule has 0 saturated carbocycles. The number of hydrogen-bond acceptors (Lipinski definition) is 6. The number of hydrazine groups is 1. The molecule has 0 unspecified atom stereocenters. The van der Waals surface area contributed by atoms with Crippen molar-refractivity contribution in [2.45, 2.75) is 11.8 Å². The van der Waals surface area contributed by atoms with Crippen LogP contribution in [-0.4, -0.2) is 19.2 Å². The molecule has 0 saturated heterocycles. The molecule has 0 heterocycles. The molecule has 30 heavy (non-hydrogen) atoms. The highest BCUT2D eigenvalue weighted by Crippen LogP contribution is 2.28. The zero-order chi connectivity index (χ0) is 21.7. The maximum absolute atomic E-state index is 12.6. The summed E-state index contributed by atoms with van der Waals surface area (Å²) in [4.78, 5) is 25.3. The Kier molecular flexibility index (Phi) is 6.09. The zero-order valence-corrected chi connectivity index (χ0v) is 16.6. The lowest BCUT2D eigenvalue weighted by atomic mass is 10.1. The van der Waals surface area contributed by atoms with E-state index >= 15 is 0 Å². The van der Waals surface area contributed by atoms with Crippen molar-refractivity contribution in [2.24, 2.45) is 0 Å². The normalized spacial score (nSPS) is 11.0. The van der Waals surface area contributed by atoms with Crippen LogP contribution in [0.5, 0.6) is 0 Å². The van der Waals surface area contributed by atoms with E-state index in [1.165, 1.54) is 36.4 Å². The minimum atomic E-state index is -3.96. The van der Waals surface area contributed by atoms with Crippen molar-refractivity contribution >= 4 is 33.0 Å². The van der Waals surface area contributed by atoms with E-state index in [0.29, 0.717) is 0 Å². The number of anilines is 2. The molecule has 154 valence electrons. The van der Waals surface area contributed by atoms with Gasteiger partial charge in [-0.3, -0.25) is 20.3 Å². The van der Waals surface area contributed by atoms with E-state index in [2.05, 4.69) is 15.6 Å². The van der Waals surface area contributed by atoms with E-state index < -0.39 is 20.9 Å². The summed E-state index contributed by atoms with van der Waals surface area (Å²) in [7, 11) is -3.96. The molecular weight excluding hydrogens is 408 g/mol. The predicted octanol–water partition coefficient (Wildman–Crippen LogP) is 3.27. The Balaban J connectivity index is 1.79. The van der Waals surface area contributed by atoms with Crippen molar-refractivity contribution in [3.63, 3.8) is 0 Å². The maximum atomic E-state index is 12.6. The summed E-state index contributed by atoms with van der Waals surface area (Å²) < 4.78 is 24.7. The van der Waals surface area contributed by atoms with Gasteiger partial charge in [0, 0.05) is 6.07 Å². The Hall–Kier alpha value is -3.76. The van der Waals surface area contributed by atoms with Crippen LogP contribution in [0, 0.1) is 17.0 Å². The highest BCUT2D eigenvalue weighted by atomic mass is 32.2. The van der Waals surface area contributed by atoms with Gasteiger partial charge in [0.05, 0.1) is 21.1 Å². The first-order valence-electron chi connectivity index (χ1n) is 8.76. The maximum Gasteiger partial charge on any atom is 0.292 e. The van der Waals surface area contributed by atoms with Gasteiger partial charge in [-0.25, -0.2) is 8.42 Å². The molecule has 0 bridgehead atoms. The molecule has 0 radical (unpaired) electrons. The first-order chi connectivity index (χ1) is 14.3. The van der Waals surface area contributed by atoms with Crippen molar-refractivity contribution in [1.29, 1.82) is 0 Å². The molecule has 0 fully saturated rings. The van der Waals surface area contributed by atoms with Crippen LogP contribution in [-0.2, 0) is 10.0 Å². The SMILES string of the molecule is Cc1ccc(S(=O)(=O)NNC(=O)c2ccccc2Nc2ccccc2[N+](=O)[O-])cc1. The van der Waals surface area contributed by atoms with Gasteiger partial charge < -0.3 is 5.32 Å². The van der Waals surface area contributed by atoms with Crippen LogP contribution in [0.1, 0.15) is 15.9 Å². The van der Waals surface area contributed by atoms with Crippen molar-refractivity contribution in [3.05, 3.63) is 94.0 Å². The monoisotopic (exact) mass is 426 g/mol. The van der Waals surface area contributed by atoms with Gasteiger partial charge in [-0.05, 0) is 37.3 Å². The second kappa shape index (κ2) is 8.72. The summed E-state index contributed by atoms with van der Waals surface area (Å²) >= 11 is 0. The molecule has 3 aromatic carbocycles. The number of rotatable bonds is 7. The second-order valence-electron chi connectivity index (χ2n) is 6.32. The summed E-state index contributed by atoms with van der Waals surface area (Å²) in [5.74, 6) is -0.729. The minimum Gasteiger partial charge on any atom is -0.349 e. The number of aryl methyl sites for hydroxylation is 1. The molecule has 0 aliphatic carbocycles. The lowest BCUT2D eigenvalue weighted by Gasteiger charge is -2.13. The topological polar surface area (TPSA) is 130 Å². The third kappa shape index (κ3) is 4.80. The lowest BCUT2D eigenvalue weighted by Crippen LogP contribution is -2.41. The molecule has 9 nitrogen and oxygen atoms in total. The van der Waals surface area contributed by atoms with Crippen LogP contribution < -0.4 is 15.6 Å². The largest absolute Gasteiger partial charge is 0.349 e. The number of nitrogens with one attached hydrogen (secondary N) is 3. The minimum absolute atomic E-state index is 0.000259. The van der Waals surface area contributed by atoms with Crippen molar-refractivity contribution in [2.75, 3.05) is 5.32 Å². The number of carbonyl (C=O) groups excluding carboxylic acids is 1. The molecule has 0 aliphatic rings. The third-order valence-electron chi connectivity index (χ3n) is 4.17. The standard InChI is InChI=1S/C20H18N4O5S/c1-14-10-12-15(13-11-14)30(28,29)23-22-20(25)16-6-2-3-7-17(16)21-18-8-4-5-9-19(18)24(26)27/h2-13,21,23H,1H3,(H,22,25). The van der Waals surface area contributed by atoms with Crippen LogP contribution in [0.3, 0.4) is 0 Å². The molecule has 0 aliphatic heterocycles. The van der Waals surface area contributed by atoms with Crippen LogP contribution in [0.4, 0.5) is 17.1 Å². The first kappa shape index (κ1) is 21.0. The summed E-state index contributed by atoms with van der Waals surface area (Å²) in [6.45, 7) is 1.83. The molecule has 3 aromatic rings. The van der Waals surface area contributed by atoms with Crippen LogP contribution in [0.25, 0.3) is 0 Å². The number of nitrogens with zero attached hydrogens (tertiary/aromatic N) is 1. The third-order valence-corrected chi connectivity index (χ3v) is 5.44. The van der Waals surface area contributed by atoms with Crippen LogP contribution in [0.2, 0.25) is 0 Å². The highest BCUT2D eigenvalue weighted by molar-refractivity contribution is 7.89. The number of sulfonamides is 1. The molecular formula is C20H18N4O5S. The fourth-order valence-corrected chi connectivity index (χ4v) is 3.47. The van der Waals surface area contributed by atoms with Crippen molar-refractivity contribution in [3.8, 4) is 0 Å². The predicted molar refractivity (Wildman–Crippen MR) is 112 cm³/mol. The average Bonchev–Trinajstić information content (AvgIpc) is 2.73. The number of carbonyl (C=O) groups is 1. The van der Waals surface area contributed by atoms with E-state index in [1.807, 2.05) is 6.92 Å². The average molecular weight is 426 g/mol. The van der Waals surface area contributed by atoms with E-state index in [4.69, 9.17) is 0 Å². The lowest BCUT2D eigenvalue weighted by molar-refractivity contribution is -0.383. The Bertz CT molecular complexity index is 1190. The van der Waals surface area contributed by atoms with Crippen LogP contribution >= 0.6 is 0 Å². The Morgan fingerprint density at radius 1 is 0.900 bits per heavy atom. The smallest absolute Gasteiger partial charge is 0.292 e. The molecule has 3 rings (SSSR count). The number of nitro benzene ring substituents is 1. The quantitative estimate of drug-likeness (QED) is 0.393. The van der Waals surface area contributed by atoms with E-state index in [9.17, 15) is 23.3 Å². The molecule has 0 atom stereocenters. The number of hydrogen-bond donors (Lipinski definition) is 3. The summed E-state index contributed by atoms with van der Waals surface area (Å²) in [6, 6.07) is 18.4. The second-order valence-corrected chi connectivity index (χ2v) is 8.00. The summed E-state index contributed by atoms with van der Waals surface area (Å²) in [5.41, 5.74) is 3.48. The first-order valence-corrected chi connectivity index (χ1v) is 10.2. The van der Waals surface area contributed by atoms with Gasteiger partial charge in [0.2, 0.25) is 0 Å². The van der Waals surface area contributed by atoms with Crippen LogP contribution in [0.15, 0.2) is 77.7 Å². The fourth-order valence-electron chi connectivity index (χ4n) is 2.63. The van der Waals surface area contributed by atoms with Crippen molar-refractivity contribution < 1.29 is 18.1 Å². The zero-order valence-electron chi connectivity index (χ0n) is 15.8. The van der Waals surface area contributed by atoms with Gasteiger partial charge in [-0.15, -0.1) is 4.83 Å². The molecule has 0 spiro atoms. The molecule has 10 heteroatoms. The van der Waals surface area contributed by atoms with Gasteiger partial charge in [-0.2, -0.15) is 0 Å².